The molecule has 0 radical (unpaired) electrons. The zero-order valence-corrected chi connectivity index (χ0v) is 11.2. The van der Waals surface area contributed by atoms with E-state index in [-0.39, 0.29) is 109 Å². The summed E-state index contributed by atoms with van der Waals surface area (Å²) in [6, 6.07) is 0. The molecule has 0 spiro atoms. The van der Waals surface area contributed by atoms with Crippen LogP contribution < -0.4 is 98.5 Å². The monoisotopic (exact) mass is 190 g/mol. The Labute approximate surface area is 106 Å². The number of hydrogen-bond acceptors (Lipinski definition) is 0. The van der Waals surface area contributed by atoms with E-state index in [1.165, 1.54) is 0 Å². The Bertz CT molecular complexity index is 6.00. The van der Waals surface area contributed by atoms with Crippen molar-refractivity contribution in [2.45, 2.75) is 0 Å². The van der Waals surface area contributed by atoms with E-state index in [0.717, 1.165) is 0 Å². The van der Waals surface area contributed by atoms with E-state index >= 15 is 0 Å². The molecule has 0 aliphatic rings. The van der Waals surface area contributed by atoms with Gasteiger partial charge in [-0.3, -0.25) is 0 Å². The second kappa shape index (κ2) is 16.7. The molecular formula is H2CsNaO2. The number of rotatable bonds is 0. The smallest absolute Gasteiger partial charge is 1.00 e. The van der Waals surface area contributed by atoms with Crippen LogP contribution in [-0.2, 0) is 5.48 Å². The minimum absolute atomic E-state index is 0. The summed E-state index contributed by atoms with van der Waals surface area (Å²) < 4.78 is 0. The van der Waals surface area contributed by atoms with Crippen LogP contribution in [0.5, 0.6) is 0 Å². The maximum Gasteiger partial charge on any atom is 1.00 e. The molecule has 4 heteroatoms. The molecular weight excluding hydrogens is 188 g/mol. The summed E-state index contributed by atoms with van der Waals surface area (Å²) in [6.45, 7) is 0. The van der Waals surface area contributed by atoms with Gasteiger partial charge >= 0.3 is 98.5 Å². The van der Waals surface area contributed by atoms with Gasteiger partial charge in [0.1, 0.15) is 0 Å². The molecule has 0 aromatic rings. The van der Waals surface area contributed by atoms with E-state index in [1.54, 1.807) is 0 Å². The zero-order valence-electron chi connectivity index (χ0n) is 2.91. The minimum atomic E-state index is 0. The van der Waals surface area contributed by atoms with E-state index in [2.05, 4.69) is 0 Å². The maximum atomic E-state index is 0. The summed E-state index contributed by atoms with van der Waals surface area (Å²) in [5, 5.41) is 0. The van der Waals surface area contributed by atoms with Crippen molar-refractivity contribution >= 4 is 0 Å². The van der Waals surface area contributed by atoms with Crippen molar-refractivity contribution in [3.63, 3.8) is 0 Å². The molecule has 0 aromatic heterocycles. The molecule has 0 aromatic carbocycles. The molecule has 0 aliphatic carbocycles. The molecule has 0 heterocycles. The Hall–Kier alpha value is 2.97. The Balaban J connectivity index is 0. The van der Waals surface area contributed by atoms with Crippen LogP contribution in [0.3, 0.4) is 0 Å². The molecule has 0 saturated heterocycles. The van der Waals surface area contributed by atoms with Gasteiger partial charge in [-0.1, -0.05) is 0 Å². The van der Waals surface area contributed by atoms with E-state index < -0.39 is 0 Å². The molecule has 0 bridgehead atoms. The van der Waals surface area contributed by atoms with Crippen molar-refractivity contribution in [3.8, 4) is 0 Å². The Kier molecular flexibility index (Phi) is 118. The summed E-state index contributed by atoms with van der Waals surface area (Å²) in [4.78, 5) is 0. The van der Waals surface area contributed by atoms with Crippen molar-refractivity contribution in [1.82, 2.24) is 0 Å². The van der Waals surface area contributed by atoms with E-state index in [1.807, 2.05) is 0 Å². The third-order valence-corrected chi connectivity index (χ3v) is 0. The van der Waals surface area contributed by atoms with E-state index in [4.69, 9.17) is 0 Å². The average Bonchev–Trinajstić information content (AvgIpc) is 0. The van der Waals surface area contributed by atoms with Crippen LogP contribution in [0.1, 0.15) is 0 Å². The molecule has 0 rings (SSSR count). The second-order valence-corrected chi connectivity index (χ2v) is 0. The molecule has 16 valence electrons. The topological polar surface area (TPSA) is 60.0 Å². The van der Waals surface area contributed by atoms with Gasteiger partial charge in [0.25, 0.3) is 0 Å². The quantitative estimate of drug-likeness (QED) is 0.341. The fourth-order valence-corrected chi connectivity index (χ4v) is 0. The fourth-order valence-electron chi connectivity index (χ4n) is 0. The second-order valence-electron chi connectivity index (χ2n) is 0. The van der Waals surface area contributed by atoms with Crippen LogP contribution in [0.4, 0.5) is 0 Å². The van der Waals surface area contributed by atoms with E-state index in [9.17, 15) is 0 Å². The average molecular weight is 190 g/mol. The largest absolute Gasteiger partial charge is 2.00 e. The van der Waals surface area contributed by atoms with Gasteiger partial charge in [0, 0.05) is 0 Å². The zero-order chi connectivity index (χ0) is 0. The molecule has 2 N–H and O–H groups in total. The van der Waals surface area contributed by atoms with Crippen LogP contribution in [0, 0.1) is 0 Å². The molecule has 0 unspecified atom stereocenters. The Morgan fingerprint density at radius 3 is 1.00 bits per heavy atom. The molecule has 4 heavy (non-hydrogen) atoms. The van der Waals surface area contributed by atoms with Crippen molar-refractivity contribution in [1.29, 1.82) is 0 Å². The molecule has 0 amide bonds. The van der Waals surface area contributed by atoms with E-state index in [0.29, 0.717) is 0 Å². The third-order valence-electron chi connectivity index (χ3n) is 0. The van der Waals surface area contributed by atoms with Gasteiger partial charge in [-0.15, -0.1) is 0 Å². The standard InChI is InChI=1S/Cs.Na.H2O.O/h;;1H2;/q2*+1;;-2. The first-order valence-corrected chi connectivity index (χ1v) is 0. The number of hydrogen-bond donors (Lipinski definition) is 0. The predicted octanol–water partition coefficient (Wildman–Crippen LogP) is -6.94. The van der Waals surface area contributed by atoms with Crippen LogP contribution in [0.15, 0.2) is 0 Å². The van der Waals surface area contributed by atoms with Crippen LogP contribution in [0.2, 0.25) is 0 Å². The van der Waals surface area contributed by atoms with Gasteiger partial charge < -0.3 is 11.0 Å². The first-order valence-electron chi connectivity index (χ1n) is 0. The summed E-state index contributed by atoms with van der Waals surface area (Å²) in [7, 11) is 0. The minimum Gasteiger partial charge on any atom is -2.00 e. The van der Waals surface area contributed by atoms with Gasteiger partial charge in [0.15, 0.2) is 0 Å². The Morgan fingerprint density at radius 2 is 1.00 bits per heavy atom. The summed E-state index contributed by atoms with van der Waals surface area (Å²) >= 11 is 0. The predicted molar refractivity (Wildman–Crippen MR) is 4.30 cm³/mol. The van der Waals surface area contributed by atoms with Crippen LogP contribution in [-0.4, -0.2) is 5.48 Å². The summed E-state index contributed by atoms with van der Waals surface area (Å²) in [5.41, 5.74) is 0. The Morgan fingerprint density at radius 1 is 1.00 bits per heavy atom. The molecule has 0 saturated carbocycles. The van der Waals surface area contributed by atoms with Gasteiger partial charge in [-0.2, -0.15) is 0 Å². The summed E-state index contributed by atoms with van der Waals surface area (Å²) in [6.07, 6.45) is 0. The van der Waals surface area contributed by atoms with Crippen molar-refractivity contribution in [2.75, 3.05) is 0 Å². The van der Waals surface area contributed by atoms with Crippen molar-refractivity contribution in [2.24, 2.45) is 0 Å². The summed E-state index contributed by atoms with van der Waals surface area (Å²) in [5.74, 6) is 0. The molecule has 0 aliphatic heterocycles. The van der Waals surface area contributed by atoms with Crippen molar-refractivity contribution in [3.05, 3.63) is 0 Å². The van der Waals surface area contributed by atoms with Gasteiger partial charge in [0.2, 0.25) is 0 Å². The molecule has 0 atom stereocenters. The van der Waals surface area contributed by atoms with Crippen molar-refractivity contribution < 1.29 is 109 Å². The SMILES string of the molecule is O.[Cs+].[Na+].[O-2]. The van der Waals surface area contributed by atoms with Crippen LogP contribution >= 0.6 is 0 Å². The third kappa shape index (κ3) is 8.88. The normalized spacial score (nSPS) is 0. The molecule has 2 nitrogen and oxygen atoms in total. The van der Waals surface area contributed by atoms with Crippen LogP contribution in [0.25, 0.3) is 0 Å². The first kappa shape index (κ1) is 28.2. The van der Waals surface area contributed by atoms with Gasteiger partial charge in [0.05, 0.1) is 0 Å². The molecule has 0 fully saturated rings. The van der Waals surface area contributed by atoms with Gasteiger partial charge in [-0.05, 0) is 0 Å². The fraction of sp³-hybridized carbons (Fsp3) is 0. The van der Waals surface area contributed by atoms with Gasteiger partial charge in [-0.25, -0.2) is 0 Å². The first-order chi connectivity index (χ1) is 0. The maximum absolute atomic E-state index is 0.